The first kappa shape index (κ1) is 15.7. The van der Waals surface area contributed by atoms with Gasteiger partial charge in [0.2, 0.25) is 5.91 Å². The number of rotatable bonds is 4. The van der Waals surface area contributed by atoms with Gasteiger partial charge in [0.15, 0.2) is 0 Å². The van der Waals surface area contributed by atoms with E-state index < -0.39 is 0 Å². The lowest BCUT2D eigenvalue weighted by atomic mass is 9.92. The molecule has 0 aromatic carbocycles. The van der Waals surface area contributed by atoms with Gasteiger partial charge in [0, 0.05) is 23.9 Å². The topological polar surface area (TPSA) is 84.0 Å². The van der Waals surface area contributed by atoms with Crippen molar-refractivity contribution >= 4 is 23.3 Å². The van der Waals surface area contributed by atoms with Gasteiger partial charge >= 0.3 is 0 Å². The molecule has 6 nitrogen and oxygen atoms in total. The molecule has 0 aliphatic heterocycles. The van der Waals surface area contributed by atoms with E-state index in [0.717, 1.165) is 37.8 Å². The number of hydrogen-bond acceptors (Lipinski definition) is 4. The molecular weight excluding hydrogens is 316 g/mol. The number of carbonyl (C=O) groups is 2. The molecule has 1 fully saturated rings. The van der Waals surface area contributed by atoms with E-state index >= 15 is 0 Å². The molecule has 0 bridgehead atoms. The van der Waals surface area contributed by atoms with Gasteiger partial charge in [0.05, 0.1) is 11.9 Å². The quantitative estimate of drug-likeness (QED) is 0.899. The van der Waals surface area contributed by atoms with Gasteiger partial charge in [-0.15, -0.1) is 0 Å². The number of amides is 2. The third kappa shape index (κ3) is 3.52. The van der Waals surface area contributed by atoms with Gasteiger partial charge in [-0.05, 0) is 61.8 Å². The number of nitrogens with zero attached hydrogens (tertiary/aromatic N) is 2. The van der Waals surface area contributed by atoms with E-state index in [-0.39, 0.29) is 17.7 Å². The molecule has 0 unspecified atom stereocenters. The molecule has 2 aliphatic carbocycles. The van der Waals surface area contributed by atoms with Gasteiger partial charge < -0.3 is 10.6 Å². The van der Waals surface area contributed by atoms with Gasteiger partial charge in [-0.1, -0.05) is 0 Å². The number of carbonyl (C=O) groups excluding carboxylic acids is 2. The summed E-state index contributed by atoms with van der Waals surface area (Å²) >= 11 is 0. The second-order valence-electron chi connectivity index (χ2n) is 6.68. The maximum atomic E-state index is 12.6. The molecule has 2 amide bonds. The highest BCUT2D eigenvalue weighted by Gasteiger charge is 2.29. The summed E-state index contributed by atoms with van der Waals surface area (Å²) in [4.78, 5) is 32.8. The van der Waals surface area contributed by atoms with E-state index in [0.29, 0.717) is 11.4 Å². The summed E-state index contributed by atoms with van der Waals surface area (Å²) < 4.78 is 0. The molecule has 4 rings (SSSR count). The molecule has 0 spiro atoms. The summed E-state index contributed by atoms with van der Waals surface area (Å²) in [6, 6.07) is 3.25. The van der Waals surface area contributed by atoms with Gasteiger partial charge in [-0.3, -0.25) is 14.6 Å². The maximum Gasteiger partial charge on any atom is 0.255 e. The SMILES string of the molecule is O=C(Nc1cncc2c1CCCC2)c1ccnc(NC(=O)C2CC2)c1. The fraction of sp³-hybridized carbons (Fsp3) is 0.368. The minimum atomic E-state index is -0.218. The number of anilines is 2. The number of fused-ring (bicyclic) bond motifs is 1. The third-order valence-electron chi connectivity index (χ3n) is 4.74. The van der Waals surface area contributed by atoms with E-state index in [1.54, 1.807) is 18.3 Å². The molecule has 2 aromatic rings. The Labute approximate surface area is 146 Å². The largest absolute Gasteiger partial charge is 0.320 e. The molecule has 2 aliphatic rings. The zero-order chi connectivity index (χ0) is 17.2. The van der Waals surface area contributed by atoms with Crippen molar-refractivity contribution in [2.45, 2.75) is 38.5 Å². The van der Waals surface area contributed by atoms with Crippen LogP contribution in [0.4, 0.5) is 11.5 Å². The zero-order valence-electron chi connectivity index (χ0n) is 13.9. The van der Waals surface area contributed by atoms with Crippen molar-refractivity contribution in [3.05, 3.63) is 47.4 Å². The molecule has 1 saturated carbocycles. The molecule has 2 aromatic heterocycles. The molecule has 6 heteroatoms. The highest BCUT2D eigenvalue weighted by molar-refractivity contribution is 6.05. The molecular formula is C19H20N4O2. The van der Waals surface area contributed by atoms with E-state index in [4.69, 9.17) is 0 Å². The van der Waals surface area contributed by atoms with Crippen LogP contribution < -0.4 is 10.6 Å². The predicted molar refractivity (Wildman–Crippen MR) is 94.4 cm³/mol. The fourth-order valence-electron chi connectivity index (χ4n) is 3.17. The van der Waals surface area contributed by atoms with Crippen molar-refractivity contribution in [3.8, 4) is 0 Å². The van der Waals surface area contributed by atoms with Gasteiger partial charge in [-0.2, -0.15) is 0 Å². The number of aryl methyl sites for hydroxylation is 1. The first-order chi connectivity index (χ1) is 12.2. The first-order valence-corrected chi connectivity index (χ1v) is 8.75. The minimum absolute atomic E-state index is 0.0219. The summed E-state index contributed by atoms with van der Waals surface area (Å²) in [6.07, 6.45) is 11.3. The third-order valence-corrected chi connectivity index (χ3v) is 4.74. The van der Waals surface area contributed by atoms with Crippen LogP contribution in [-0.2, 0) is 17.6 Å². The predicted octanol–water partition coefficient (Wildman–Crippen LogP) is 2.96. The van der Waals surface area contributed by atoms with Crippen LogP contribution in [0.15, 0.2) is 30.7 Å². The lowest BCUT2D eigenvalue weighted by Crippen LogP contribution is -2.18. The Kier molecular flexibility index (Phi) is 4.17. The molecule has 2 heterocycles. The number of pyridine rings is 2. The number of aromatic nitrogens is 2. The van der Waals surface area contributed by atoms with E-state index in [9.17, 15) is 9.59 Å². The first-order valence-electron chi connectivity index (χ1n) is 8.75. The Morgan fingerprint density at radius 1 is 1.08 bits per heavy atom. The van der Waals surface area contributed by atoms with Crippen LogP contribution >= 0.6 is 0 Å². The van der Waals surface area contributed by atoms with Crippen LogP contribution in [-0.4, -0.2) is 21.8 Å². The van der Waals surface area contributed by atoms with Gasteiger partial charge in [-0.25, -0.2) is 4.98 Å². The summed E-state index contributed by atoms with van der Waals surface area (Å²) in [7, 11) is 0. The second kappa shape index (κ2) is 6.63. The molecule has 128 valence electrons. The smallest absolute Gasteiger partial charge is 0.255 e. The van der Waals surface area contributed by atoms with Crippen molar-refractivity contribution in [2.75, 3.05) is 10.6 Å². The van der Waals surface area contributed by atoms with Crippen molar-refractivity contribution in [2.24, 2.45) is 5.92 Å². The fourth-order valence-corrected chi connectivity index (χ4v) is 3.17. The Morgan fingerprint density at radius 2 is 1.92 bits per heavy atom. The molecule has 25 heavy (non-hydrogen) atoms. The normalized spacial score (nSPS) is 16.0. The zero-order valence-corrected chi connectivity index (χ0v) is 13.9. The maximum absolute atomic E-state index is 12.6. The summed E-state index contributed by atoms with van der Waals surface area (Å²) in [5.41, 5.74) is 3.65. The van der Waals surface area contributed by atoms with E-state index in [2.05, 4.69) is 20.6 Å². The average molecular weight is 336 g/mol. The Balaban J connectivity index is 1.50. The van der Waals surface area contributed by atoms with E-state index in [1.807, 2.05) is 6.20 Å². The van der Waals surface area contributed by atoms with Crippen LogP contribution in [0.3, 0.4) is 0 Å². The molecule has 0 radical (unpaired) electrons. The summed E-state index contributed by atoms with van der Waals surface area (Å²) in [5, 5.41) is 5.73. The number of hydrogen-bond donors (Lipinski definition) is 2. The standard InChI is InChI=1S/C19H20N4O2/c24-18(12-5-6-12)23-17-9-13(7-8-21-17)19(25)22-16-11-20-10-14-3-1-2-4-15(14)16/h7-12H,1-6H2,(H,22,25)(H,21,23,24). The monoisotopic (exact) mass is 336 g/mol. The van der Waals surface area contributed by atoms with Crippen LogP contribution in [0.1, 0.15) is 47.2 Å². The minimum Gasteiger partial charge on any atom is -0.320 e. The second-order valence-corrected chi connectivity index (χ2v) is 6.68. The molecule has 0 saturated heterocycles. The summed E-state index contributed by atoms with van der Waals surface area (Å²) in [5.74, 6) is 0.274. The lowest BCUT2D eigenvalue weighted by Gasteiger charge is -2.19. The van der Waals surface area contributed by atoms with Crippen molar-refractivity contribution in [3.63, 3.8) is 0 Å². The Morgan fingerprint density at radius 3 is 2.76 bits per heavy atom. The summed E-state index contributed by atoms with van der Waals surface area (Å²) in [6.45, 7) is 0. The molecule has 2 N–H and O–H groups in total. The van der Waals surface area contributed by atoms with Gasteiger partial charge in [0.1, 0.15) is 5.82 Å². The highest BCUT2D eigenvalue weighted by atomic mass is 16.2. The van der Waals surface area contributed by atoms with Crippen molar-refractivity contribution < 1.29 is 9.59 Å². The van der Waals surface area contributed by atoms with E-state index in [1.165, 1.54) is 23.7 Å². The lowest BCUT2D eigenvalue weighted by molar-refractivity contribution is -0.117. The van der Waals surface area contributed by atoms with Crippen LogP contribution in [0.2, 0.25) is 0 Å². The molecule has 0 atom stereocenters. The van der Waals surface area contributed by atoms with Crippen molar-refractivity contribution in [1.29, 1.82) is 0 Å². The highest BCUT2D eigenvalue weighted by Crippen LogP contribution is 2.30. The Bertz CT molecular complexity index is 830. The average Bonchev–Trinajstić information content (AvgIpc) is 3.47. The van der Waals surface area contributed by atoms with Crippen LogP contribution in [0.5, 0.6) is 0 Å². The Hall–Kier alpha value is -2.76. The van der Waals surface area contributed by atoms with Crippen LogP contribution in [0, 0.1) is 5.92 Å². The van der Waals surface area contributed by atoms with Crippen LogP contribution in [0.25, 0.3) is 0 Å². The number of nitrogens with one attached hydrogen (secondary N) is 2. The van der Waals surface area contributed by atoms with Gasteiger partial charge in [0.25, 0.3) is 5.91 Å². The van der Waals surface area contributed by atoms with Crippen molar-refractivity contribution in [1.82, 2.24) is 9.97 Å².